The second-order valence-electron chi connectivity index (χ2n) is 2.39. The van der Waals surface area contributed by atoms with Gasteiger partial charge in [-0.2, -0.15) is 0 Å². The van der Waals surface area contributed by atoms with Gasteiger partial charge in [-0.25, -0.2) is 4.39 Å². The highest BCUT2D eigenvalue weighted by atomic mass is 35.5. The first-order chi connectivity index (χ1) is 6.26. The van der Waals surface area contributed by atoms with Gasteiger partial charge in [0, 0.05) is 6.07 Å². The van der Waals surface area contributed by atoms with Gasteiger partial charge < -0.3 is 9.84 Å². The van der Waals surface area contributed by atoms with Crippen LogP contribution >= 0.6 is 11.6 Å². The van der Waals surface area contributed by atoms with Gasteiger partial charge in [0.05, 0.1) is 5.88 Å². The quantitative estimate of drug-likeness (QED) is 0.762. The number of hydrogen-bond donors (Lipinski definition) is 1. The molecule has 0 heterocycles. The number of aliphatic hydroxyl groups is 1. The lowest BCUT2D eigenvalue weighted by Crippen LogP contribution is -1.99. The van der Waals surface area contributed by atoms with Crippen molar-refractivity contribution >= 4 is 11.6 Å². The van der Waals surface area contributed by atoms with Gasteiger partial charge in [0.25, 0.3) is 0 Å². The number of alkyl halides is 1. The highest BCUT2D eigenvalue weighted by molar-refractivity contribution is 6.17. The molecule has 4 heteroatoms. The predicted octanol–water partition coefficient (Wildman–Crippen LogP) is 2.33. The Balaban J connectivity index is 2.76. The van der Waals surface area contributed by atoms with Gasteiger partial charge in [-0.05, 0) is 17.7 Å². The zero-order chi connectivity index (χ0) is 9.68. The van der Waals surface area contributed by atoms with Gasteiger partial charge in [-0.15, -0.1) is 11.6 Å². The third-order valence-electron chi connectivity index (χ3n) is 1.39. The largest absolute Gasteiger partial charge is 0.492 e. The van der Waals surface area contributed by atoms with Crippen molar-refractivity contribution in [2.45, 2.75) is 0 Å². The Hall–Kier alpha value is -0.800. The number of halogens is 2. The molecule has 0 aliphatic heterocycles. The zero-order valence-electron chi connectivity index (χ0n) is 6.84. The smallest absolute Gasteiger partial charge is 0.127 e. The van der Waals surface area contributed by atoms with E-state index in [0.29, 0.717) is 23.8 Å². The molecule has 0 aromatic heterocycles. The number of hydrogen-bond acceptors (Lipinski definition) is 2. The van der Waals surface area contributed by atoms with Crippen molar-refractivity contribution in [2.24, 2.45) is 0 Å². The van der Waals surface area contributed by atoms with E-state index in [1.165, 1.54) is 18.2 Å². The van der Waals surface area contributed by atoms with Gasteiger partial charge in [0.1, 0.15) is 24.8 Å². The summed E-state index contributed by atoms with van der Waals surface area (Å²) >= 11 is 5.39. The Kier molecular flexibility index (Phi) is 3.99. The maximum atomic E-state index is 12.8. The van der Waals surface area contributed by atoms with Gasteiger partial charge in [-0.3, -0.25) is 0 Å². The normalized spacial score (nSPS) is 10.1. The summed E-state index contributed by atoms with van der Waals surface area (Å²) < 4.78 is 17.9. The molecule has 1 aromatic carbocycles. The topological polar surface area (TPSA) is 29.5 Å². The third-order valence-corrected chi connectivity index (χ3v) is 1.54. The van der Waals surface area contributed by atoms with E-state index in [1.54, 1.807) is 0 Å². The van der Waals surface area contributed by atoms with Crippen molar-refractivity contribution in [1.29, 1.82) is 0 Å². The number of rotatable bonds is 4. The second-order valence-corrected chi connectivity index (χ2v) is 2.76. The van der Waals surface area contributed by atoms with Crippen LogP contribution in [0.4, 0.5) is 4.39 Å². The van der Waals surface area contributed by atoms with E-state index in [0.717, 1.165) is 6.61 Å². The van der Waals surface area contributed by atoms with Crippen molar-refractivity contribution < 1.29 is 14.2 Å². The average Bonchev–Trinajstić information content (AvgIpc) is 2.14. The van der Waals surface area contributed by atoms with Crippen molar-refractivity contribution in [3.8, 4) is 5.75 Å². The fourth-order valence-electron chi connectivity index (χ4n) is 0.899. The highest BCUT2D eigenvalue weighted by Crippen LogP contribution is 2.16. The summed E-state index contributed by atoms with van der Waals surface area (Å²) in [7, 11) is 0. The molecule has 0 unspecified atom stereocenters. The van der Waals surface area contributed by atoms with Gasteiger partial charge >= 0.3 is 0 Å². The van der Waals surface area contributed by atoms with E-state index in [1.807, 2.05) is 0 Å². The average molecular weight is 204 g/mol. The van der Waals surface area contributed by atoms with E-state index in [-0.39, 0.29) is 0 Å². The van der Waals surface area contributed by atoms with Crippen LogP contribution in [0.1, 0.15) is 5.56 Å². The molecule has 0 spiro atoms. The van der Waals surface area contributed by atoms with Crippen LogP contribution in [0.3, 0.4) is 0 Å². The fourth-order valence-corrected chi connectivity index (χ4v) is 0.976. The van der Waals surface area contributed by atoms with E-state index < -0.39 is 5.82 Å². The minimum absolute atomic E-state index is 0.315. The Labute approximate surface area is 80.9 Å². The molecule has 1 N–H and O–H groups in total. The van der Waals surface area contributed by atoms with Gasteiger partial charge in [0.15, 0.2) is 0 Å². The minimum atomic E-state index is -0.452. The van der Waals surface area contributed by atoms with Crippen LogP contribution in [0.25, 0.3) is 0 Å². The first-order valence-corrected chi connectivity index (χ1v) is 4.26. The molecule has 13 heavy (non-hydrogen) atoms. The Morgan fingerprint density at radius 3 is 2.85 bits per heavy atom. The summed E-state index contributed by atoms with van der Waals surface area (Å²) in [6.45, 7) is 1.13. The summed E-state index contributed by atoms with van der Waals surface area (Å²) in [6, 6.07) is 3.96. The molecule has 0 atom stereocenters. The lowest BCUT2D eigenvalue weighted by Gasteiger charge is -2.05. The van der Waals surface area contributed by atoms with Crippen LogP contribution < -0.4 is 4.74 Å². The molecule has 1 radical (unpaired) electrons. The third kappa shape index (κ3) is 3.20. The molecule has 2 nitrogen and oxygen atoms in total. The SMILES string of the molecule is O[CH]c1cc(F)cc(OCCCl)c1. The number of aliphatic hydroxyl groups excluding tert-OH is 1. The van der Waals surface area contributed by atoms with Gasteiger partial charge in [-0.1, -0.05) is 0 Å². The van der Waals surface area contributed by atoms with E-state index >= 15 is 0 Å². The first kappa shape index (κ1) is 10.3. The lowest BCUT2D eigenvalue weighted by molar-refractivity contribution is 0.339. The Morgan fingerprint density at radius 2 is 2.23 bits per heavy atom. The molecule has 1 aromatic rings. The van der Waals surface area contributed by atoms with Crippen LogP contribution in [0.15, 0.2) is 18.2 Å². The van der Waals surface area contributed by atoms with Crippen LogP contribution in [0.5, 0.6) is 5.75 Å². The van der Waals surface area contributed by atoms with E-state index in [9.17, 15) is 4.39 Å². The standard InChI is InChI=1S/C9H9ClFO2/c10-1-2-13-9-4-7(6-12)3-8(11)5-9/h3-6,12H,1-2H2. The zero-order valence-corrected chi connectivity index (χ0v) is 7.59. The van der Waals surface area contributed by atoms with Crippen LogP contribution in [-0.2, 0) is 0 Å². The molecular formula is C9H9ClFO2. The fraction of sp³-hybridized carbons (Fsp3) is 0.222. The summed E-state index contributed by atoms with van der Waals surface area (Å²) in [5.74, 6) is 0.252. The molecular weight excluding hydrogens is 195 g/mol. The molecule has 0 aliphatic rings. The Bertz CT molecular complexity index is 278. The van der Waals surface area contributed by atoms with Crippen molar-refractivity contribution in [3.05, 3.63) is 36.2 Å². The summed E-state index contributed by atoms with van der Waals surface area (Å²) in [5, 5.41) is 8.64. The van der Waals surface area contributed by atoms with Crippen LogP contribution in [-0.4, -0.2) is 17.6 Å². The summed E-state index contributed by atoms with van der Waals surface area (Å²) in [4.78, 5) is 0. The first-order valence-electron chi connectivity index (χ1n) is 3.73. The second kappa shape index (κ2) is 5.04. The van der Waals surface area contributed by atoms with E-state index in [2.05, 4.69) is 0 Å². The monoisotopic (exact) mass is 203 g/mol. The summed E-state index contributed by atoms with van der Waals surface area (Å²) in [6.07, 6.45) is 0. The van der Waals surface area contributed by atoms with Crippen molar-refractivity contribution in [1.82, 2.24) is 0 Å². The molecule has 0 amide bonds. The maximum absolute atomic E-state index is 12.8. The molecule has 0 saturated heterocycles. The highest BCUT2D eigenvalue weighted by Gasteiger charge is 2.00. The van der Waals surface area contributed by atoms with Crippen molar-refractivity contribution in [2.75, 3.05) is 12.5 Å². The van der Waals surface area contributed by atoms with Crippen LogP contribution in [0.2, 0.25) is 0 Å². The molecule has 0 saturated carbocycles. The van der Waals surface area contributed by atoms with Crippen molar-refractivity contribution in [3.63, 3.8) is 0 Å². The summed E-state index contributed by atoms with van der Waals surface area (Å²) in [5.41, 5.74) is 0.365. The molecule has 0 fully saturated rings. The molecule has 0 bridgehead atoms. The number of benzene rings is 1. The van der Waals surface area contributed by atoms with Gasteiger partial charge in [0.2, 0.25) is 0 Å². The Morgan fingerprint density at radius 1 is 1.46 bits per heavy atom. The van der Waals surface area contributed by atoms with E-state index in [4.69, 9.17) is 21.4 Å². The molecule has 1 rings (SSSR count). The number of ether oxygens (including phenoxy) is 1. The molecule has 71 valence electrons. The molecule has 0 aliphatic carbocycles. The predicted molar refractivity (Wildman–Crippen MR) is 48.0 cm³/mol. The van der Waals surface area contributed by atoms with Crippen LogP contribution in [0, 0.1) is 12.4 Å². The minimum Gasteiger partial charge on any atom is -0.492 e. The maximum Gasteiger partial charge on any atom is 0.127 e. The lowest BCUT2D eigenvalue weighted by atomic mass is 10.2.